The highest BCUT2D eigenvalue weighted by Gasteiger charge is 2.42. The Morgan fingerprint density at radius 1 is 0.769 bits per heavy atom. The Hall–Kier alpha value is 0.780. The first-order chi connectivity index (χ1) is 5.89. The molecule has 0 bridgehead atoms. The lowest BCUT2D eigenvalue weighted by atomic mass is 10.4. The third kappa shape index (κ3) is 2.42. The molecule has 0 aromatic heterocycles. The second-order valence-electron chi connectivity index (χ2n) is 1.83. The monoisotopic (exact) mass is 296 g/mol. The highest BCUT2D eigenvalue weighted by molar-refractivity contribution is 6.67. The molecule has 0 heterocycles. The van der Waals surface area contributed by atoms with Crippen molar-refractivity contribution in [2.75, 3.05) is 0 Å². The zero-order valence-corrected chi connectivity index (χ0v) is 10.5. The van der Waals surface area contributed by atoms with E-state index < -0.39 is 4.33 Å². The maximum Gasteiger partial charge on any atom is 0.191 e. The van der Waals surface area contributed by atoms with Gasteiger partial charge in [0.05, 0.1) is 20.1 Å². The Bertz CT molecular complexity index is 269. The van der Waals surface area contributed by atoms with E-state index in [9.17, 15) is 0 Å². The lowest BCUT2D eigenvalue weighted by Gasteiger charge is -2.11. The van der Waals surface area contributed by atoms with Crippen LogP contribution < -0.4 is 0 Å². The van der Waals surface area contributed by atoms with E-state index in [1.54, 1.807) is 0 Å². The van der Waals surface area contributed by atoms with Crippen LogP contribution in [0.2, 0.25) is 0 Å². The highest BCUT2D eigenvalue weighted by atomic mass is 35.5. The maximum absolute atomic E-state index is 5.68. The van der Waals surface area contributed by atoms with Gasteiger partial charge in [0.2, 0.25) is 0 Å². The molecule has 0 aromatic rings. The normalized spacial score (nSPS) is 20.0. The van der Waals surface area contributed by atoms with Crippen LogP contribution in [0.4, 0.5) is 0 Å². The SMILES string of the molecule is C#C.ClC1=C(Cl)C(Cl)(Cl)C(Cl)=C1Cl. The smallest absolute Gasteiger partial charge is 0.124 e. The van der Waals surface area contributed by atoms with Crippen molar-refractivity contribution >= 4 is 69.6 Å². The molecular weight excluding hydrogens is 297 g/mol. The number of alkyl halides is 2. The van der Waals surface area contributed by atoms with Gasteiger partial charge in [-0.25, -0.2) is 0 Å². The minimum Gasteiger partial charge on any atom is -0.124 e. The molecule has 0 fully saturated rings. The summed E-state index contributed by atoms with van der Waals surface area (Å²) in [6, 6.07) is 0. The fraction of sp³-hybridized carbons (Fsp3) is 0.143. The molecule has 0 nitrogen and oxygen atoms in total. The average Bonchev–Trinajstić information content (AvgIpc) is 2.25. The summed E-state index contributed by atoms with van der Waals surface area (Å²) in [6.07, 6.45) is 8.00. The first-order valence-electron chi connectivity index (χ1n) is 2.72. The summed E-state index contributed by atoms with van der Waals surface area (Å²) in [5.74, 6) is 0. The van der Waals surface area contributed by atoms with Crippen LogP contribution in [0.3, 0.4) is 0 Å². The number of hydrogen-bond donors (Lipinski definition) is 0. The van der Waals surface area contributed by atoms with Crippen molar-refractivity contribution in [3.63, 3.8) is 0 Å². The topological polar surface area (TPSA) is 0 Å². The van der Waals surface area contributed by atoms with E-state index >= 15 is 0 Å². The summed E-state index contributed by atoms with van der Waals surface area (Å²) in [7, 11) is 0. The van der Waals surface area contributed by atoms with Crippen molar-refractivity contribution < 1.29 is 0 Å². The third-order valence-electron chi connectivity index (χ3n) is 1.13. The maximum atomic E-state index is 5.68. The van der Waals surface area contributed by atoms with Crippen molar-refractivity contribution in [1.82, 2.24) is 0 Å². The molecular formula is C7H2Cl6. The van der Waals surface area contributed by atoms with E-state index in [0.717, 1.165) is 0 Å². The fourth-order valence-corrected chi connectivity index (χ4v) is 2.13. The van der Waals surface area contributed by atoms with Gasteiger partial charge in [-0.15, -0.1) is 12.8 Å². The first-order valence-corrected chi connectivity index (χ1v) is 4.99. The summed E-state index contributed by atoms with van der Waals surface area (Å²) in [4.78, 5) is 0. The van der Waals surface area contributed by atoms with Crippen molar-refractivity contribution in [2.45, 2.75) is 4.33 Å². The molecule has 0 aromatic carbocycles. The van der Waals surface area contributed by atoms with Crippen LogP contribution >= 0.6 is 69.6 Å². The molecule has 0 unspecified atom stereocenters. The van der Waals surface area contributed by atoms with Gasteiger partial charge in [0.15, 0.2) is 4.33 Å². The van der Waals surface area contributed by atoms with Gasteiger partial charge >= 0.3 is 0 Å². The summed E-state index contributed by atoms with van der Waals surface area (Å²) in [5, 5.41) is 0.279. The van der Waals surface area contributed by atoms with E-state index in [-0.39, 0.29) is 20.1 Å². The van der Waals surface area contributed by atoms with Gasteiger partial charge in [-0.1, -0.05) is 69.6 Å². The van der Waals surface area contributed by atoms with E-state index in [4.69, 9.17) is 69.6 Å². The van der Waals surface area contributed by atoms with Crippen molar-refractivity contribution in [2.24, 2.45) is 0 Å². The molecule has 1 rings (SSSR count). The Labute approximate surface area is 106 Å². The van der Waals surface area contributed by atoms with Gasteiger partial charge in [0, 0.05) is 0 Å². The molecule has 0 aliphatic heterocycles. The van der Waals surface area contributed by atoms with Crippen LogP contribution in [-0.2, 0) is 0 Å². The van der Waals surface area contributed by atoms with Gasteiger partial charge in [0.1, 0.15) is 0 Å². The number of hydrogen-bond acceptors (Lipinski definition) is 0. The van der Waals surface area contributed by atoms with Crippen molar-refractivity contribution in [1.29, 1.82) is 0 Å². The summed E-state index contributed by atoms with van der Waals surface area (Å²) in [5.41, 5.74) is 0. The lowest BCUT2D eigenvalue weighted by molar-refractivity contribution is 1.24. The predicted molar refractivity (Wildman–Crippen MR) is 61.8 cm³/mol. The Balaban J connectivity index is 0.000000671. The van der Waals surface area contributed by atoms with Crippen LogP contribution in [0.15, 0.2) is 20.1 Å². The van der Waals surface area contributed by atoms with Crippen LogP contribution in [0.25, 0.3) is 0 Å². The van der Waals surface area contributed by atoms with Crippen LogP contribution in [0, 0.1) is 12.8 Å². The second kappa shape index (κ2) is 5.03. The molecule has 0 radical (unpaired) electrons. The van der Waals surface area contributed by atoms with Gasteiger partial charge in [-0.2, -0.15) is 0 Å². The fourth-order valence-electron chi connectivity index (χ4n) is 0.565. The Morgan fingerprint density at radius 2 is 1.00 bits per heavy atom. The average molecular weight is 299 g/mol. The minimum atomic E-state index is -1.47. The molecule has 0 atom stereocenters. The second-order valence-corrected chi connectivity index (χ2v) is 4.67. The Kier molecular flexibility index (Phi) is 5.33. The molecule has 72 valence electrons. The summed E-state index contributed by atoms with van der Waals surface area (Å²) < 4.78 is -1.47. The van der Waals surface area contributed by atoms with Crippen LogP contribution in [0.5, 0.6) is 0 Å². The van der Waals surface area contributed by atoms with Gasteiger partial charge in [-0.3, -0.25) is 0 Å². The van der Waals surface area contributed by atoms with E-state index in [0.29, 0.717) is 0 Å². The zero-order valence-electron chi connectivity index (χ0n) is 5.92. The van der Waals surface area contributed by atoms with E-state index in [2.05, 4.69) is 12.8 Å². The van der Waals surface area contributed by atoms with Crippen LogP contribution in [0.1, 0.15) is 0 Å². The molecule has 6 heteroatoms. The molecule has 0 amide bonds. The number of rotatable bonds is 0. The van der Waals surface area contributed by atoms with Gasteiger partial charge in [0.25, 0.3) is 0 Å². The lowest BCUT2D eigenvalue weighted by Crippen LogP contribution is -2.09. The number of halogens is 6. The standard InChI is InChI=1S/C5Cl6.C2H2/c6-1-2(7)4(9)5(10,11)3(1)8;1-2/h;1-2H. The molecule has 1 aliphatic carbocycles. The quantitative estimate of drug-likeness (QED) is 0.445. The zero-order chi connectivity index (χ0) is 10.8. The highest BCUT2D eigenvalue weighted by Crippen LogP contribution is 2.53. The molecule has 1 aliphatic rings. The van der Waals surface area contributed by atoms with Crippen LogP contribution in [-0.4, -0.2) is 4.33 Å². The molecule has 0 spiro atoms. The van der Waals surface area contributed by atoms with Crippen molar-refractivity contribution in [3.05, 3.63) is 20.1 Å². The minimum absolute atomic E-state index is 0.0394. The largest absolute Gasteiger partial charge is 0.191 e. The molecule has 13 heavy (non-hydrogen) atoms. The number of allylic oxidation sites excluding steroid dienone is 4. The van der Waals surface area contributed by atoms with E-state index in [1.807, 2.05) is 0 Å². The molecule has 0 N–H and O–H groups in total. The molecule has 0 saturated heterocycles. The predicted octanol–water partition coefficient (Wildman–Crippen LogP) is 4.80. The van der Waals surface area contributed by atoms with Gasteiger partial charge < -0.3 is 0 Å². The molecule has 0 saturated carbocycles. The Morgan fingerprint density at radius 3 is 1.08 bits per heavy atom. The first kappa shape index (κ1) is 13.8. The third-order valence-corrected chi connectivity index (χ3v) is 4.26. The van der Waals surface area contributed by atoms with Crippen molar-refractivity contribution in [3.8, 4) is 12.8 Å². The van der Waals surface area contributed by atoms with E-state index in [1.165, 1.54) is 0 Å². The summed E-state index contributed by atoms with van der Waals surface area (Å²) in [6.45, 7) is 0. The van der Waals surface area contributed by atoms with Gasteiger partial charge in [-0.05, 0) is 0 Å². The number of terminal acetylenes is 1. The summed E-state index contributed by atoms with van der Waals surface area (Å²) >= 11 is 33.8.